The van der Waals surface area contributed by atoms with Crippen LogP contribution in [0.25, 0.3) is 0 Å². The maximum absolute atomic E-state index is 14.6. The summed E-state index contributed by atoms with van der Waals surface area (Å²) in [5.41, 5.74) is 0.257. The molecule has 0 aromatic heterocycles. The molecule has 57 heavy (non-hydrogen) atoms. The number of amides is 4. The van der Waals surface area contributed by atoms with Crippen molar-refractivity contribution in [2.75, 3.05) is 5.32 Å². The lowest BCUT2D eigenvalue weighted by Gasteiger charge is -2.26. The quantitative estimate of drug-likeness (QED) is 0.0388. The highest BCUT2D eigenvalue weighted by atomic mass is 19.2. The third-order valence-electron chi connectivity index (χ3n) is 7.85. The minimum atomic E-state index is -2.48. The summed E-state index contributed by atoms with van der Waals surface area (Å²) in [6.45, 7) is 11.9. The van der Waals surface area contributed by atoms with Gasteiger partial charge in [-0.2, -0.15) is 8.78 Å². The van der Waals surface area contributed by atoms with Gasteiger partial charge in [-0.3, -0.25) is 14.9 Å². The molecule has 3 aromatic rings. The molecule has 0 aliphatic heterocycles. The van der Waals surface area contributed by atoms with Crippen molar-refractivity contribution in [3.05, 3.63) is 94.8 Å². The molecule has 4 amide bonds. The zero-order chi connectivity index (χ0) is 42.6. The lowest BCUT2D eigenvalue weighted by atomic mass is 9.99. The van der Waals surface area contributed by atoms with E-state index in [1.807, 2.05) is 0 Å². The van der Waals surface area contributed by atoms with E-state index < -0.39 is 95.0 Å². The first-order chi connectivity index (χ1) is 26.6. The summed E-state index contributed by atoms with van der Waals surface area (Å²) in [6.07, 6.45) is -2.11. The van der Waals surface area contributed by atoms with Crippen molar-refractivity contribution in [3.8, 4) is 5.75 Å². The number of ether oxygens (including phenoxy) is 3. The number of hydrogen-bond donors (Lipinski definition) is 4. The van der Waals surface area contributed by atoms with Crippen LogP contribution in [0.1, 0.15) is 72.4 Å². The molecular formula is C40H47F5N4O8. The van der Waals surface area contributed by atoms with Crippen LogP contribution in [-0.2, 0) is 36.9 Å². The predicted octanol–water partition coefficient (Wildman–Crippen LogP) is 7.23. The van der Waals surface area contributed by atoms with E-state index in [0.29, 0.717) is 5.56 Å². The lowest BCUT2D eigenvalue weighted by Crippen LogP contribution is -2.57. The van der Waals surface area contributed by atoms with Crippen LogP contribution in [0.2, 0.25) is 0 Å². The SMILES string of the molecule is CC(C)C[C@H](NC(=O)[C@@H](CC(C)C)NC(=O)OCc1ccccc1)C(=O)N[C@@H](Cc1cccc(NC(=O)OC(C)(C)C)c1)C(=O)Oc1c(F)c(F)c(F)c(F)c1F. The maximum Gasteiger partial charge on any atom is 0.412 e. The van der Waals surface area contributed by atoms with Crippen molar-refractivity contribution in [1.29, 1.82) is 0 Å². The fourth-order valence-corrected chi connectivity index (χ4v) is 5.33. The number of esters is 1. The smallest absolute Gasteiger partial charge is 0.412 e. The van der Waals surface area contributed by atoms with Crippen molar-refractivity contribution >= 4 is 35.7 Å². The van der Waals surface area contributed by atoms with Crippen LogP contribution >= 0.6 is 0 Å². The Morgan fingerprint density at radius 3 is 1.68 bits per heavy atom. The second kappa shape index (κ2) is 20.4. The third-order valence-corrected chi connectivity index (χ3v) is 7.85. The highest BCUT2D eigenvalue weighted by Gasteiger charge is 2.34. The number of anilines is 1. The maximum atomic E-state index is 14.6. The topological polar surface area (TPSA) is 161 Å². The minimum absolute atomic E-state index is 0.0148. The first-order valence-electron chi connectivity index (χ1n) is 18.0. The fraction of sp³-hybridized carbons (Fsp3) is 0.425. The van der Waals surface area contributed by atoms with Gasteiger partial charge in [0.05, 0.1) is 0 Å². The van der Waals surface area contributed by atoms with Gasteiger partial charge in [0.25, 0.3) is 0 Å². The number of benzene rings is 3. The Balaban J connectivity index is 1.91. The Bertz CT molecular complexity index is 1880. The van der Waals surface area contributed by atoms with Crippen molar-refractivity contribution < 1.29 is 60.1 Å². The summed E-state index contributed by atoms with van der Waals surface area (Å²) in [5.74, 6) is -17.7. The average molecular weight is 807 g/mol. The Hall–Kier alpha value is -5.74. The molecule has 0 heterocycles. The van der Waals surface area contributed by atoms with Crippen molar-refractivity contribution in [2.24, 2.45) is 11.8 Å². The lowest BCUT2D eigenvalue weighted by molar-refractivity contribution is -0.140. The molecule has 3 rings (SSSR count). The largest absolute Gasteiger partial charge is 0.445 e. The van der Waals surface area contributed by atoms with Gasteiger partial charge in [0.15, 0.2) is 0 Å². The molecule has 12 nitrogen and oxygen atoms in total. The third kappa shape index (κ3) is 14.4. The van der Waals surface area contributed by atoms with Crippen LogP contribution in [0, 0.1) is 40.9 Å². The van der Waals surface area contributed by atoms with Gasteiger partial charge in [-0.1, -0.05) is 70.2 Å². The second-order valence-electron chi connectivity index (χ2n) is 15.0. The molecule has 3 atom stereocenters. The van der Waals surface area contributed by atoms with Gasteiger partial charge < -0.3 is 30.2 Å². The first-order valence-corrected chi connectivity index (χ1v) is 18.0. The Morgan fingerprint density at radius 2 is 1.14 bits per heavy atom. The number of rotatable bonds is 16. The molecule has 17 heteroatoms. The summed E-state index contributed by atoms with van der Waals surface area (Å²) >= 11 is 0. The number of carbonyl (C=O) groups excluding carboxylic acids is 5. The van der Waals surface area contributed by atoms with Crippen LogP contribution in [0.3, 0.4) is 0 Å². The van der Waals surface area contributed by atoms with Crippen molar-refractivity contribution in [2.45, 2.75) is 98.1 Å². The van der Waals surface area contributed by atoms with Crippen LogP contribution in [0.4, 0.5) is 37.2 Å². The van der Waals surface area contributed by atoms with Crippen LogP contribution in [-0.4, -0.2) is 53.7 Å². The number of halogens is 5. The molecule has 0 aliphatic rings. The van der Waals surface area contributed by atoms with Crippen molar-refractivity contribution in [1.82, 2.24) is 16.0 Å². The molecule has 0 spiro atoms. The molecule has 0 bridgehead atoms. The van der Waals surface area contributed by atoms with Gasteiger partial charge in [0, 0.05) is 12.1 Å². The molecule has 4 N–H and O–H groups in total. The van der Waals surface area contributed by atoms with Crippen LogP contribution < -0.4 is 26.0 Å². The van der Waals surface area contributed by atoms with E-state index in [9.17, 15) is 45.9 Å². The van der Waals surface area contributed by atoms with Crippen molar-refractivity contribution in [3.63, 3.8) is 0 Å². The van der Waals surface area contributed by atoms with E-state index >= 15 is 0 Å². The summed E-state index contributed by atoms with van der Waals surface area (Å²) in [5, 5.41) is 9.96. The van der Waals surface area contributed by atoms with Gasteiger partial charge >= 0.3 is 18.2 Å². The van der Waals surface area contributed by atoms with E-state index in [1.165, 1.54) is 24.3 Å². The summed E-state index contributed by atoms with van der Waals surface area (Å²) in [6, 6.07) is 10.1. The van der Waals surface area contributed by atoms with E-state index in [4.69, 9.17) is 14.2 Å². The van der Waals surface area contributed by atoms with E-state index in [-0.39, 0.29) is 42.5 Å². The van der Waals surface area contributed by atoms with Gasteiger partial charge in [-0.15, -0.1) is 0 Å². The highest BCUT2D eigenvalue weighted by molar-refractivity contribution is 5.93. The zero-order valence-electron chi connectivity index (χ0n) is 32.6. The second-order valence-corrected chi connectivity index (χ2v) is 15.0. The molecule has 0 radical (unpaired) electrons. The van der Waals surface area contributed by atoms with Gasteiger partial charge in [0.2, 0.25) is 46.6 Å². The summed E-state index contributed by atoms with van der Waals surface area (Å²) < 4.78 is 86.2. The molecule has 0 fully saturated rings. The van der Waals surface area contributed by atoms with Gasteiger partial charge in [0.1, 0.15) is 30.3 Å². The Morgan fingerprint density at radius 1 is 0.632 bits per heavy atom. The molecule has 0 aliphatic carbocycles. The highest BCUT2D eigenvalue weighted by Crippen LogP contribution is 2.30. The van der Waals surface area contributed by atoms with Gasteiger partial charge in [-0.05, 0) is 68.7 Å². The number of alkyl carbamates (subject to hydrolysis) is 1. The summed E-state index contributed by atoms with van der Waals surface area (Å²) in [4.78, 5) is 66.1. The fourth-order valence-electron chi connectivity index (χ4n) is 5.33. The Kier molecular flexibility index (Phi) is 16.4. The number of carbonyl (C=O) groups is 5. The van der Waals surface area contributed by atoms with E-state index in [2.05, 4.69) is 21.3 Å². The average Bonchev–Trinajstić information content (AvgIpc) is 3.12. The molecule has 3 aromatic carbocycles. The normalized spacial score (nSPS) is 12.9. The van der Waals surface area contributed by atoms with E-state index in [1.54, 1.807) is 78.8 Å². The molecule has 0 unspecified atom stereocenters. The number of nitrogens with one attached hydrogen (secondary N) is 4. The Labute approximate surface area is 327 Å². The van der Waals surface area contributed by atoms with Crippen LogP contribution in [0.15, 0.2) is 54.6 Å². The monoisotopic (exact) mass is 806 g/mol. The summed E-state index contributed by atoms with van der Waals surface area (Å²) in [7, 11) is 0. The minimum Gasteiger partial charge on any atom is -0.445 e. The predicted molar refractivity (Wildman–Crippen MR) is 198 cm³/mol. The zero-order valence-corrected chi connectivity index (χ0v) is 32.6. The number of hydrogen-bond acceptors (Lipinski definition) is 8. The first kappa shape index (κ1) is 45.6. The van der Waals surface area contributed by atoms with Crippen LogP contribution in [0.5, 0.6) is 5.75 Å². The molecule has 0 saturated carbocycles. The standard InChI is InChI=1S/C40H47F5N4O8/c1-21(2)16-26(47-36(51)27(17-22(3)4)49-38(53)55-20-23-12-9-8-10-13-23)35(50)48-28(37(52)56-34-32(44)30(42)29(41)31(43)33(34)45)19-24-14-11-15-25(18-24)46-39(54)57-40(5,6)7/h8-15,18,21-22,26-28H,16-17,19-20H2,1-7H3,(H,46,54)(H,47,51)(H,48,50)(H,49,53)/t26-,27+,28-/m0/s1. The molecule has 310 valence electrons. The molecular weight excluding hydrogens is 759 g/mol. The van der Waals surface area contributed by atoms with Gasteiger partial charge in [-0.25, -0.2) is 27.6 Å². The molecule has 0 saturated heterocycles. The van der Waals surface area contributed by atoms with E-state index in [0.717, 1.165) is 0 Å².